The Balaban J connectivity index is 1.38. The van der Waals surface area contributed by atoms with Gasteiger partial charge < -0.3 is 19.7 Å². The fourth-order valence-electron chi connectivity index (χ4n) is 3.46. The van der Waals surface area contributed by atoms with Gasteiger partial charge >= 0.3 is 6.03 Å². The second kappa shape index (κ2) is 6.67. The minimum absolute atomic E-state index is 0.0259. The maximum absolute atomic E-state index is 12.5. The highest BCUT2D eigenvalue weighted by Gasteiger charge is 2.21. The van der Waals surface area contributed by atoms with Gasteiger partial charge in [0.2, 0.25) is 0 Å². The average molecular weight is 338 g/mol. The minimum Gasteiger partial charge on any atom is -0.486 e. The van der Waals surface area contributed by atoms with E-state index in [1.807, 2.05) is 23.1 Å². The number of nitrogens with one attached hydrogen (secondary N) is 1. The lowest BCUT2D eigenvalue weighted by atomic mass is 9.95. The molecule has 0 saturated heterocycles. The van der Waals surface area contributed by atoms with Gasteiger partial charge in [0.1, 0.15) is 13.2 Å². The number of hydrogen-bond donors (Lipinski definition) is 1. The first-order chi connectivity index (χ1) is 12.2. The number of fused-ring (bicyclic) bond motifs is 2. The zero-order valence-corrected chi connectivity index (χ0v) is 14.4. The van der Waals surface area contributed by atoms with Crippen molar-refractivity contribution in [1.29, 1.82) is 0 Å². The molecule has 0 fully saturated rings. The first-order valence-electron chi connectivity index (χ1n) is 8.69. The third kappa shape index (κ3) is 3.27. The van der Waals surface area contributed by atoms with E-state index in [2.05, 4.69) is 30.4 Å². The smallest absolute Gasteiger partial charge is 0.317 e. The van der Waals surface area contributed by atoms with Gasteiger partial charge in [0, 0.05) is 19.6 Å². The van der Waals surface area contributed by atoms with E-state index in [9.17, 15) is 4.79 Å². The van der Waals surface area contributed by atoms with E-state index in [1.54, 1.807) is 0 Å². The second-order valence-corrected chi connectivity index (χ2v) is 6.52. The van der Waals surface area contributed by atoms with E-state index in [0.717, 1.165) is 30.0 Å². The number of carbonyl (C=O) groups excluding carboxylic acids is 1. The van der Waals surface area contributed by atoms with Crippen molar-refractivity contribution < 1.29 is 14.3 Å². The number of amides is 2. The van der Waals surface area contributed by atoms with Gasteiger partial charge in [-0.25, -0.2) is 4.79 Å². The van der Waals surface area contributed by atoms with Gasteiger partial charge in [0.15, 0.2) is 11.5 Å². The number of ether oxygens (including phenoxy) is 2. The molecule has 2 heterocycles. The molecule has 2 aliphatic rings. The van der Waals surface area contributed by atoms with Crippen molar-refractivity contribution in [2.75, 3.05) is 19.8 Å². The third-order valence-electron chi connectivity index (χ3n) is 4.84. The topological polar surface area (TPSA) is 50.8 Å². The van der Waals surface area contributed by atoms with E-state index in [-0.39, 0.29) is 6.03 Å². The highest BCUT2D eigenvalue weighted by molar-refractivity contribution is 5.74. The number of hydrogen-bond acceptors (Lipinski definition) is 3. The van der Waals surface area contributed by atoms with E-state index < -0.39 is 0 Å². The molecule has 5 nitrogen and oxygen atoms in total. The van der Waals surface area contributed by atoms with Crippen LogP contribution in [0.3, 0.4) is 0 Å². The maximum atomic E-state index is 12.5. The quantitative estimate of drug-likeness (QED) is 0.916. The zero-order chi connectivity index (χ0) is 17.2. The van der Waals surface area contributed by atoms with Crippen molar-refractivity contribution in [1.82, 2.24) is 10.2 Å². The van der Waals surface area contributed by atoms with E-state index in [0.29, 0.717) is 26.3 Å². The van der Waals surface area contributed by atoms with Gasteiger partial charge in [-0.05, 0) is 47.7 Å². The number of nitrogens with zero attached hydrogens (tertiary/aromatic N) is 1. The molecule has 2 aromatic rings. The maximum Gasteiger partial charge on any atom is 0.317 e. The Labute approximate surface area is 147 Å². The normalized spacial score (nSPS) is 15.5. The van der Waals surface area contributed by atoms with Crippen LogP contribution in [0.2, 0.25) is 0 Å². The predicted octanol–water partition coefficient (Wildman–Crippen LogP) is 3.03. The lowest BCUT2D eigenvalue weighted by molar-refractivity contribution is 0.171. The minimum atomic E-state index is -0.0259. The summed E-state index contributed by atoms with van der Waals surface area (Å²) in [5.74, 6) is 1.52. The first-order valence-corrected chi connectivity index (χ1v) is 8.69. The molecule has 5 heteroatoms. The van der Waals surface area contributed by atoms with Crippen LogP contribution >= 0.6 is 0 Å². The van der Waals surface area contributed by atoms with Crippen molar-refractivity contribution in [2.45, 2.75) is 26.4 Å². The lowest BCUT2D eigenvalue weighted by Gasteiger charge is -2.30. The Morgan fingerprint density at radius 1 is 1.16 bits per heavy atom. The number of benzene rings is 2. The number of rotatable bonds is 2. The van der Waals surface area contributed by atoms with E-state index in [4.69, 9.17) is 9.47 Å². The summed E-state index contributed by atoms with van der Waals surface area (Å²) >= 11 is 0. The highest BCUT2D eigenvalue weighted by atomic mass is 16.6. The van der Waals surface area contributed by atoms with Gasteiger partial charge in [0.05, 0.1) is 0 Å². The summed E-state index contributed by atoms with van der Waals surface area (Å²) in [5, 5.41) is 3.01. The summed E-state index contributed by atoms with van der Waals surface area (Å²) in [7, 11) is 0. The fraction of sp³-hybridized carbons (Fsp3) is 0.350. The van der Waals surface area contributed by atoms with Crippen molar-refractivity contribution in [3.05, 3.63) is 58.7 Å². The van der Waals surface area contributed by atoms with Crippen LogP contribution in [0.4, 0.5) is 4.79 Å². The van der Waals surface area contributed by atoms with Gasteiger partial charge in [-0.2, -0.15) is 0 Å². The second-order valence-electron chi connectivity index (χ2n) is 6.52. The van der Waals surface area contributed by atoms with Crippen LogP contribution in [0.15, 0.2) is 36.4 Å². The standard InChI is InChI=1S/C20H22N2O3/c1-14-3-2-4-16-13-22(8-7-17(14)16)20(23)21-12-15-5-6-18-19(11-15)25-10-9-24-18/h2-6,11H,7-10,12-13H2,1H3,(H,21,23). The predicted molar refractivity (Wildman–Crippen MR) is 95.0 cm³/mol. The molecule has 0 aliphatic carbocycles. The number of urea groups is 1. The molecule has 0 atom stereocenters. The fourth-order valence-corrected chi connectivity index (χ4v) is 3.46. The molecule has 2 aromatic carbocycles. The zero-order valence-electron chi connectivity index (χ0n) is 14.4. The summed E-state index contributed by atoms with van der Waals surface area (Å²) in [4.78, 5) is 14.4. The first kappa shape index (κ1) is 15.8. The van der Waals surface area contributed by atoms with Crippen molar-refractivity contribution in [3.63, 3.8) is 0 Å². The molecule has 130 valence electrons. The molecule has 0 bridgehead atoms. The van der Waals surface area contributed by atoms with E-state index >= 15 is 0 Å². The Hall–Kier alpha value is -2.69. The molecule has 0 unspecified atom stereocenters. The van der Waals surface area contributed by atoms with Crippen LogP contribution in [0.1, 0.15) is 22.3 Å². The molecule has 2 aliphatic heterocycles. The molecular formula is C20H22N2O3. The summed E-state index contributed by atoms with van der Waals surface area (Å²) in [6.07, 6.45) is 0.916. The summed E-state index contributed by atoms with van der Waals surface area (Å²) < 4.78 is 11.1. The third-order valence-corrected chi connectivity index (χ3v) is 4.84. The summed E-state index contributed by atoms with van der Waals surface area (Å²) in [5.41, 5.74) is 4.96. The Bertz CT molecular complexity index is 804. The van der Waals surface area contributed by atoms with Gasteiger partial charge in [-0.15, -0.1) is 0 Å². The largest absolute Gasteiger partial charge is 0.486 e. The highest BCUT2D eigenvalue weighted by Crippen LogP contribution is 2.30. The molecule has 0 radical (unpaired) electrons. The van der Waals surface area contributed by atoms with Crippen molar-refractivity contribution >= 4 is 6.03 Å². The molecule has 4 rings (SSSR count). The molecule has 0 spiro atoms. The Kier molecular flexibility index (Phi) is 4.22. The summed E-state index contributed by atoms with van der Waals surface area (Å²) in [6.45, 7) is 5.19. The molecular weight excluding hydrogens is 316 g/mol. The van der Waals surface area contributed by atoms with Crippen molar-refractivity contribution in [2.24, 2.45) is 0 Å². The number of carbonyl (C=O) groups is 1. The van der Waals surface area contributed by atoms with Crippen LogP contribution in [-0.2, 0) is 19.5 Å². The van der Waals surface area contributed by atoms with Gasteiger partial charge in [0.25, 0.3) is 0 Å². The molecule has 1 N–H and O–H groups in total. The lowest BCUT2D eigenvalue weighted by Crippen LogP contribution is -2.42. The Morgan fingerprint density at radius 3 is 2.88 bits per heavy atom. The van der Waals surface area contributed by atoms with Crippen LogP contribution in [0.5, 0.6) is 11.5 Å². The van der Waals surface area contributed by atoms with Crippen LogP contribution < -0.4 is 14.8 Å². The SMILES string of the molecule is Cc1cccc2c1CCN(C(=O)NCc1ccc3c(c1)OCCO3)C2. The van der Waals surface area contributed by atoms with Crippen LogP contribution in [0, 0.1) is 6.92 Å². The molecule has 0 aromatic heterocycles. The summed E-state index contributed by atoms with van der Waals surface area (Å²) in [6, 6.07) is 12.1. The molecule has 0 saturated carbocycles. The average Bonchev–Trinajstić information content (AvgIpc) is 2.66. The number of aryl methyl sites for hydroxylation is 1. The monoisotopic (exact) mass is 338 g/mol. The van der Waals surface area contributed by atoms with E-state index in [1.165, 1.54) is 16.7 Å². The van der Waals surface area contributed by atoms with Gasteiger partial charge in [-0.1, -0.05) is 24.3 Å². The molecule has 25 heavy (non-hydrogen) atoms. The van der Waals surface area contributed by atoms with Crippen LogP contribution in [0.25, 0.3) is 0 Å². The van der Waals surface area contributed by atoms with Crippen LogP contribution in [-0.4, -0.2) is 30.7 Å². The van der Waals surface area contributed by atoms with Gasteiger partial charge in [-0.3, -0.25) is 0 Å². The Morgan fingerprint density at radius 2 is 2.00 bits per heavy atom. The van der Waals surface area contributed by atoms with Crippen molar-refractivity contribution in [3.8, 4) is 11.5 Å². The molecule has 2 amide bonds.